The Bertz CT molecular complexity index is 831. The van der Waals surface area contributed by atoms with E-state index in [1.54, 1.807) is 31.2 Å². The van der Waals surface area contributed by atoms with Crippen LogP contribution < -0.4 is 11.2 Å². The van der Waals surface area contributed by atoms with Gasteiger partial charge in [-0.25, -0.2) is 4.79 Å². The Morgan fingerprint density at radius 2 is 2.00 bits per heavy atom. The van der Waals surface area contributed by atoms with Crippen LogP contribution in [-0.4, -0.2) is 45.2 Å². The van der Waals surface area contributed by atoms with Gasteiger partial charge in [-0.1, -0.05) is 30.3 Å². The Hall–Kier alpha value is -2.26. The van der Waals surface area contributed by atoms with Gasteiger partial charge in [-0.3, -0.25) is 14.3 Å². The average Bonchev–Trinajstić information content (AvgIpc) is 2.78. The molecule has 8 heteroatoms. The third kappa shape index (κ3) is 3.57. The van der Waals surface area contributed by atoms with Gasteiger partial charge in [0.25, 0.3) is 5.56 Å². The van der Waals surface area contributed by atoms with Gasteiger partial charge in [0, 0.05) is 11.8 Å². The minimum Gasteiger partial charge on any atom is -0.394 e. The molecule has 1 saturated heterocycles. The molecule has 0 aliphatic carbocycles. The number of nitrogens with zero attached hydrogens (tertiary/aromatic N) is 1. The first kappa shape index (κ1) is 17.6. The van der Waals surface area contributed by atoms with Gasteiger partial charge < -0.3 is 19.7 Å². The highest BCUT2D eigenvalue weighted by Gasteiger charge is 2.36. The lowest BCUT2D eigenvalue weighted by Gasteiger charge is -2.26. The molecule has 0 spiro atoms. The number of aromatic nitrogens is 2. The maximum absolute atomic E-state index is 12.1. The molecule has 4 atom stereocenters. The quantitative estimate of drug-likeness (QED) is 0.711. The predicted molar refractivity (Wildman–Crippen MR) is 88.2 cm³/mol. The van der Waals surface area contributed by atoms with Gasteiger partial charge in [-0.15, -0.1) is 0 Å². The van der Waals surface area contributed by atoms with Gasteiger partial charge in [0.15, 0.2) is 6.23 Å². The number of H-pyrrole nitrogens is 1. The SMILES string of the molecule is Cc1cn([C@@H]2CO[C@H](CO)[C@@H](O)[C@H](c3ccccc3)O2)c(=O)[nH]c1=O. The van der Waals surface area contributed by atoms with E-state index in [1.807, 2.05) is 6.07 Å². The van der Waals surface area contributed by atoms with E-state index in [0.29, 0.717) is 11.1 Å². The largest absolute Gasteiger partial charge is 0.394 e. The van der Waals surface area contributed by atoms with Crippen LogP contribution in [0.4, 0.5) is 0 Å². The van der Waals surface area contributed by atoms with Crippen LogP contribution in [0.1, 0.15) is 23.5 Å². The summed E-state index contributed by atoms with van der Waals surface area (Å²) in [5, 5.41) is 20.0. The molecule has 3 rings (SSSR count). The first-order valence-electron chi connectivity index (χ1n) is 7.94. The zero-order valence-corrected chi connectivity index (χ0v) is 13.7. The highest BCUT2D eigenvalue weighted by Crippen LogP contribution is 2.31. The molecule has 0 unspecified atom stereocenters. The third-order valence-corrected chi connectivity index (χ3v) is 4.21. The Labute approximate surface area is 143 Å². The first-order valence-corrected chi connectivity index (χ1v) is 7.94. The molecule has 0 amide bonds. The molecular weight excluding hydrogens is 328 g/mol. The summed E-state index contributed by atoms with van der Waals surface area (Å²) in [6.45, 7) is 1.13. The van der Waals surface area contributed by atoms with Gasteiger partial charge >= 0.3 is 5.69 Å². The van der Waals surface area contributed by atoms with Crippen LogP contribution in [0.5, 0.6) is 0 Å². The molecule has 25 heavy (non-hydrogen) atoms. The van der Waals surface area contributed by atoms with Crippen molar-refractivity contribution in [1.82, 2.24) is 9.55 Å². The summed E-state index contributed by atoms with van der Waals surface area (Å²) in [4.78, 5) is 25.9. The van der Waals surface area contributed by atoms with Crippen LogP contribution >= 0.6 is 0 Å². The second-order valence-corrected chi connectivity index (χ2v) is 5.95. The van der Waals surface area contributed by atoms with Gasteiger partial charge in [-0.2, -0.15) is 0 Å². The zero-order chi connectivity index (χ0) is 18.0. The van der Waals surface area contributed by atoms with E-state index < -0.39 is 35.8 Å². The van der Waals surface area contributed by atoms with Crippen LogP contribution in [0.15, 0.2) is 46.1 Å². The number of benzene rings is 1. The smallest absolute Gasteiger partial charge is 0.330 e. The lowest BCUT2D eigenvalue weighted by Crippen LogP contribution is -2.36. The fourth-order valence-electron chi connectivity index (χ4n) is 2.81. The molecule has 2 aromatic rings. The fraction of sp³-hybridized carbons (Fsp3) is 0.412. The number of aryl methyl sites for hydroxylation is 1. The molecule has 0 saturated carbocycles. The highest BCUT2D eigenvalue weighted by molar-refractivity contribution is 5.19. The molecular formula is C17H20N2O6. The topological polar surface area (TPSA) is 114 Å². The minimum absolute atomic E-state index is 0.0585. The minimum atomic E-state index is -1.11. The zero-order valence-electron chi connectivity index (χ0n) is 13.7. The number of nitrogens with one attached hydrogen (secondary N) is 1. The second-order valence-electron chi connectivity index (χ2n) is 5.95. The molecule has 1 fully saturated rings. The van der Waals surface area contributed by atoms with Crippen molar-refractivity contribution in [1.29, 1.82) is 0 Å². The van der Waals surface area contributed by atoms with E-state index in [2.05, 4.69) is 4.98 Å². The summed E-state index contributed by atoms with van der Waals surface area (Å²) in [6.07, 6.45) is -2.24. The second kappa shape index (κ2) is 7.32. The number of aliphatic hydroxyl groups excluding tert-OH is 2. The molecule has 0 bridgehead atoms. The lowest BCUT2D eigenvalue weighted by molar-refractivity contribution is -0.0986. The molecule has 1 aromatic heterocycles. The van der Waals surface area contributed by atoms with Gasteiger partial charge in [0.1, 0.15) is 18.3 Å². The number of ether oxygens (including phenoxy) is 2. The normalized spacial score (nSPS) is 27.0. The monoisotopic (exact) mass is 348 g/mol. The predicted octanol–water partition coefficient (Wildman–Crippen LogP) is -0.146. The maximum atomic E-state index is 12.1. The standard InChI is InChI=1S/C17H20N2O6/c1-10-7-19(17(23)18-16(10)22)13-9-24-12(8-20)14(21)15(25-13)11-5-3-2-4-6-11/h2-7,12-15,20-21H,8-9H2,1H3,(H,18,22,23)/t12-,13+,14-,15+/m1/s1. The van der Waals surface area contributed by atoms with Gasteiger partial charge in [0.05, 0.1) is 13.2 Å². The molecule has 3 N–H and O–H groups in total. The van der Waals surface area contributed by atoms with Crippen molar-refractivity contribution in [2.45, 2.75) is 31.5 Å². The highest BCUT2D eigenvalue weighted by atomic mass is 16.6. The van der Waals surface area contributed by atoms with Crippen molar-refractivity contribution in [3.8, 4) is 0 Å². The van der Waals surface area contributed by atoms with Crippen molar-refractivity contribution < 1.29 is 19.7 Å². The summed E-state index contributed by atoms with van der Waals surface area (Å²) in [5.74, 6) is 0. The lowest BCUT2D eigenvalue weighted by atomic mass is 10.0. The van der Waals surface area contributed by atoms with Gasteiger partial charge in [0.2, 0.25) is 0 Å². The van der Waals surface area contributed by atoms with Crippen LogP contribution in [0.3, 0.4) is 0 Å². The van der Waals surface area contributed by atoms with Crippen LogP contribution in [0, 0.1) is 6.92 Å². The number of aromatic amines is 1. The van der Waals surface area contributed by atoms with E-state index >= 15 is 0 Å². The van der Waals surface area contributed by atoms with E-state index in [0.717, 1.165) is 0 Å². The van der Waals surface area contributed by atoms with E-state index in [1.165, 1.54) is 10.8 Å². The van der Waals surface area contributed by atoms with Crippen molar-refractivity contribution in [2.24, 2.45) is 0 Å². The summed E-state index contributed by atoms with van der Waals surface area (Å²) in [7, 11) is 0. The van der Waals surface area contributed by atoms with Crippen molar-refractivity contribution in [3.63, 3.8) is 0 Å². The van der Waals surface area contributed by atoms with Crippen LogP contribution in [-0.2, 0) is 9.47 Å². The summed E-state index contributed by atoms with van der Waals surface area (Å²) in [6, 6.07) is 9.00. The Kier molecular flexibility index (Phi) is 5.14. The Balaban J connectivity index is 2.00. The Morgan fingerprint density at radius 3 is 2.68 bits per heavy atom. The molecule has 8 nitrogen and oxygen atoms in total. The summed E-state index contributed by atoms with van der Waals surface area (Å²) >= 11 is 0. The van der Waals surface area contributed by atoms with Crippen LogP contribution in [0.25, 0.3) is 0 Å². The van der Waals surface area contributed by atoms with Crippen LogP contribution in [0.2, 0.25) is 0 Å². The third-order valence-electron chi connectivity index (χ3n) is 4.21. The molecule has 1 aliphatic heterocycles. The molecule has 1 aromatic carbocycles. The Morgan fingerprint density at radius 1 is 1.28 bits per heavy atom. The van der Waals surface area contributed by atoms with E-state index in [4.69, 9.17) is 9.47 Å². The first-order chi connectivity index (χ1) is 12.0. The maximum Gasteiger partial charge on any atom is 0.330 e. The number of aliphatic hydroxyl groups is 2. The fourth-order valence-corrected chi connectivity index (χ4v) is 2.81. The number of rotatable bonds is 3. The van der Waals surface area contributed by atoms with Gasteiger partial charge in [-0.05, 0) is 12.5 Å². The summed E-state index contributed by atoms with van der Waals surface area (Å²) < 4.78 is 12.7. The molecule has 134 valence electrons. The summed E-state index contributed by atoms with van der Waals surface area (Å²) in [5.41, 5.74) is -0.0577. The number of hydrogen-bond donors (Lipinski definition) is 3. The molecule has 2 heterocycles. The van der Waals surface area contributed by atoms with Crippen molar-refractivity contribution in [2.75, 3.05) is 13.2 Å². The van der Waals surface area contributed by atoms with Crippen molar-refractivity contribution in [3.05, 3.63) is 68.5 Å². The average molecular weight is 348 g/mol. The van der Waals surface area contributed by atoms with E-state index in [-0.39, 0.29) is 13.2 Å². The molecule has 1 aliphatic rings. The number of hydrogen-bond acceptors (Lipinski definition) is 6. The van der Waals surface area contributed by atoms with E-state index in [9.17, 15) is 19.8 Å². The van der Waals surface area contributed by atoms with Crippen molar-refractivity contribution >= 4 is 0 Å². The molecule has 0 radical (unpaired) electrons.